The lowest BCUT2D eigenvalue weighted by atomic mass is 9.79. The third-order valence-corrected chi connectivity index (χ3v) is 11.2. The van der Waals surface area contributed by atoms with Gasteiger partial charge in [-0.15, -0.1) is 0 Å². The third-order valence-electron chi connectivity index (χ3n) is 11.2. The number of fused-ring (bicyclic) bond motifs is 4. The summed E-state index contributed by atoms with van der Waals surface area (Å²) in [4.78, 5) is 2.52. The van der Waals surface area contributed by atoms with Crippen LogP contribution in [0.1, 0.15) is 94.9 Å². The van der Waals surface area contributed by atoms with Crippen LogP contribution in [0.15, 0.2) is 127 Å². The SMILES string of the molecule is CC(C)(C)c1cccc2c1-c1ccc(N(c3ccc(C4CCCCC4)cc3)c3cc4ccccc4cc3-c3ccccc3)cc1C2(C)C. The monoisotopic (exact) mass is 625 g/mol. The zero-order chi connectivity index (χ0) is 33.0. The van der Waals surface area contributed by atoms with Crippen LogP contribution in [0.3, 0.4) is 0 Å². The molecule has 0 N–H and O–H groups in total. The average Bonchev–Trinajstić information content (AvgIpc) is 3.34. The Hall–Kier alpha value is -4.62. The molecule has 0 atom stereocenters. The van der Waals surface area contributed by atoms with Crippen molar-refractivity contribution in [1.29, 1.82) is 0 Å². The molecule has 0 aliphatic heterocycles. The van der Waals surface area contributed by atoms with Crippen molar-refractivity contribution in [2.45, 2.75) is 83.5 Å². The molecule has 0 heterocycles. The van der Waals surface area contributed by atoms with Crippen molar-refractivity contribution < 1.29 is 0 Å². The molecule has 0 amide bonds. The largest absolute Gasteiger partial charge is 0.310 e. The summed E-state index contributed by atoms with van der Waals surface area (Å²) >= 11 is 0. The van der Waals surface area contributed by atoms with Crippen LogP contribution in [-0.4, -0.2) is 0 Å². The van der Waals surface area contributed by atoms with E-state index < -0.39 is 0 Å². The molecular formula is C47H47N. The van der Waals surface area contributed by atoms with Crippen molar-refractivity contribution in [3.05, 3.63) is 150 Å². The Morgan fingerprint density at radius 1 is 0.583 bits per heavy atom. The lowest BCUT2D eigenvalue weighted by Gasteiger charge is -2.31. The molecule has 1 heteroatoms. The maximum absolute atomic E-state index is 2.52. The highest BCUT2D eigenvalue weighted by atomic mass is 15.1. The van der Waals surface area contributed by atoms with Gasteiger partial charge in [0.15, 0.2) is 0 Å². The van der Waals surface area contributed by atoms with E-state index in [9.17, 15) is 0 Å². The van der Waals surface area contributed by atoms with Crippen LogP contribution in [0.4, 0.5) is 17.1 Å². The highest BCUT2D eigenvalue weighted by Gasteiger charge is 2.39. The zero-order valence-electron chi connectivity index (χ0n) is 29.2. The Morgan fingerprint density at radius 3 is 1.96 bits per heavy atom. The maximum atomic E-state index is 2.52. The summed E-state index contributed by atoms with van der Waals surface area (Å²) in [6.45, 7) is 11.8. The molecule has 1 saturated carbocycles. The zero-order valence-corrected chi connectivity index (χ0v) is 29.2. The van der Waals surface area contributed by atoms with Gasteiger partial charge in [0.05, 0.1) is 5.69 Å². The maximum Gasteiger partial charge on any atom is 0.0546 e. The minimum atomic E-state index is -0.107. The van der Waals surface area contributed by atoms with Gasteiger partial charge in [0.1, 0.15) is 0 Å². The third kappa shape index (κ3) is 5.25. The van der Waals surface area contributed by atoms with E-state index in [0.29, 0.717) is 5.92 Å². The van der Waals surface area contributed by atoms with Crippen LogP contribution in [0.5, 0.6) is 0 Å². The highest BCUT2D eigenvalue weighted by molar-refractivity contribution is 5.99. The minimum Gasteiger partial charge on any atom is -0.310 e. The molecule has 0 radical (unpaired) electrons. The van der Waals surface area contributed by atoms with E-state index in [4.69, 9.17) is 0 Å². The molecule has 0 unspecified atom stereocenters. The van der Waals surface area contributed by atoms with E-state index in [1.807, 2.05) is 0 Å². The molecule has 6 aromatic carbocycles. The van der Waals surface area contributed by atoms with Crippen molar-refractivity contribution in [3.8, 4) is 22.3 Å². The summed E-state index contributed by atoms with van der Waals surface area (Å²) in [6.07, 6.45) is 6.69. The van der Waals surface area contributed by atoms with Gasteiger partial charge in [0.2, 0.25) is 0 Å². The fourth-order valence-corrected chi connectivity index (χ4v) is 8.56. The topological polar surface area (TPSA) is 3.24 Å². The van der Waals surface area contributed by atoms with E-state index in [-0.39, 0.29) is 10.8 Å². The molecule has 0 bridgehead atoms. The quantitative estimate of drug-likeness (QED) is 0.184. The molecule has 240 valence electrons. The summed E-state index contributed by atoms with van der Waals surface area (Å²) in [5, 5.41) is 2.51. The summed E-state index contributed by atoms with van der Waals surface area (Å²) in [7, 11) is 0. The molecular weight excluding hydrogens is 579 g/mol. The van der Waals surface area contributed by atoms with E-state index in [1.54, 1.807) is 0 Å². The molecule has 1 nitrogen and oxygen atoms in total. The van der Waals surface area contributed by atoms with Crippen molar-refractivity contribution in [2.75, 3.05) is 4.90 Å². The number of hydrogen-bond acceptors (Lipinski definition) is 1. The molecule has 6 aromatic rings. The van der Waals surface area contributed by atoms with Gasteiger partial charge in [-0.05, 0) is 110 Å². The van der Waals surface area contributed by atoms with Crippen LogP contribution >= 0.6 is 0 Å². The van der Waals surface area contributed by atoms with E-state index in [0.717, 1.165) is 0 Å². The Morgan fingerprint density at radius 2 is 1.25 bits per heavy atom. The first-order valence-electron chi connectivity index (χ1n) is 18.0. The molecule has 1 fully saturated rings. The number of hydrogen-bond donors (Lipinski definition) is 0. The first kappa shape index (κ1) is 30.7. The summed E-state index contributed by atoms with van der Waals surface area (Å²) in [5.41, 5.74) is 14.6. The average molecular weight is 626 g/mol. The van der Waals surface area contributed by atoms with Gasteiger partial charge in [-0.1, -0.05) is 145 Å². The molecule has 48 heavy (non-hydrogen) atoms. The first-order valence-corrected chi connectivity index (χ1v) is 18.0. The second kappa shape index (κ2) is 11.8. The van der Waals surface area contributed by atoms with E-state index in [2.05, 4.69) is 167 Å². The van der Waals surface area contributed by atoms with Gasteiger partial charge >= 0.3 is 0 Å². The van der Waals surface area contributed by atoms with Crippen LogP contribution in [-0.2, 0) is 10.8 Å². The molecule has 2 aliphatic carbocycles. The fourth-order valence-electron chi connectivity index (χ4n) is 8.56. The number of rotatable bonds is 5. The smallest absolute Gasteiger partial charge is 0.0546 e. The predicted octanol–water partition coefficient (Wildman–Crippen LogP) is 13.6. The Labute approximate surface area is 287 Å². The van der Waals surface area contributed by atoms with Crippen LogP contribution in [0.25, 0.3) is 33.0 Å². The van der Waals surface area contributed by atoms with Crippen molar-refractivity contribution in [2.24, 2.45) is 0 Å². The number of anilines is 3. The Balaban J connectivity index is 1.35. The van der Waals surface area contributed by atoms with Gasteiger partial charge in [-0.2, -0.15) is 0 Å². The second-order valence-electron chi connectivity index (χ2n) is 15.7. The van der Waals surface area contributed by atoms with Crippen molar-refractivity contribution in [1.82, 2.24) is 0 Å². The molecule has 2 aliphatic rings. The first-order chi connectivity index (χ1) is 23.2. The summed E-state index contributed by atoms with van der Waals surface area (Å²) in [6, 6.07) is 48.2. The standard InChI is InChI=1S/C47H47N/c1-46(2,3)41-21-14-22-42-45(41)39-28-27-38(31-43(39)47(42,4)5)48(37-25-23-33(24-26-37)32-15-8-6-9-16-32)44-30-36-20-13-12-19-35(36)29-40(44)34-17-10-7-11-18-34/h7,10-14,17-32H,6,8-9,15-16H2,1-5H3. The fraction of sp³-hybridized carbons (Fsp3) is 0.277. The van der Waals surface area contributed by atoms with Crippen LogP contribution < -0.4 is 4.90 Å². The number of benzene rings is 6. The molecule has 0 spiro atoms. The summed E-state index contributed by atoms with van der Waals surface area (Å²) < 4.78 is 0. The lowest BCUT2D eigenvalue weighted by molar-refractivity contribution is 0.443. The predicted molar refractivity (Wildman–Crippen MR) is 206 cm³/mol. The van der Waals surface area contributed by atoms with Crippen molar-refractivity contribution in [3.63, 3.8) is 0 Å². The molecule has 0 saturated heterocycles. The van der Waals surface area contributed by atoms with Gasteiger partial charge in [-0.25, -0.2) is 0 Å². The second-order valence-corrected chi connectivity index (χ2v) is 15.7. The van der Waals surface area contributed by atoms with Gasteiger partial charge in [-0.3, -0.25) is 0 Å². The summed E-state index contributed by atoms with van der Waals surface area (Å²) in [5.74, 6) is 0.679. The van der Waals surface area contributed by atoms with Gasteiger partial charge < -0.3 is 4.90 Å². The van der Waals surface area contributed by atoms with Crippen molar-refractivity contribution >= 4 is 27.8 Å². The molecule has 0 aromatic heterocycles. The number of nitrogens with zero attached hydrogens (tertiary/aromatic N) is 1. The molecule has 8 rings (SSSR count). The van der Waals surface area contributed by atoms with E-state index in [1.165, 1.54) is 104 Å². The Kier molecular flexibility index (Phi) is 7.55. The Bertz CT molecular complexity index is 2100. The van der Waals surface area contributed by atoms with Crippen LogP contribution in [0.2, 0.25) is 0 Å². The van der Waals surface area contributed by atoms with Gasteiger partial charge in [0.25, 0.3) is 0 Å². The van der Waals surface area contributed by atoms with Gasteiger partial charge in [0, 0.05) is 22.4 Å². The minimum absolute atomic E-state index is 0.0590. The van der Waals surface area contributed by atoms with Crippen LogP contribution in [0, 0.1) is 0 Å². The normalized spacial score (nSPS) is 15.7. The highest BCUT2D eigenvalue weighted by Crippen LogP contribution is 2.54. The lowest BCUT2D eigenvalue weighted by Crippen LogP contribution is -2.18. The van der Waals surface area contributed by atoms with E-state index >= 15 is 0 Å².